The highest BCUT2D eigenvalue weighted by Crippen LogP contribution is 2.15. The minimum absolute atomic E-state index is 0.515. The third kappa shape index (κ3) is 3.78. The molecule has 0 spiro atoms. The Morgan fingerprint density at radius 3 is 2.94 bits per heavy atom. The molecule has 0 aliphatic rings. The summed E-state index contributed by atoms with van der Waals surface area (Å²) in [5, 5.41) is 3.30. The monoisotopic (exact) mass is 263 g/mol. The van der Waals surface area contributed by atoms with Crippen LogP contribution in [0.2, 0.25) is 0 Å². The summed E-state index contributed by atoms with van der Waals surface area (Å²) >= 11 is 1.84. The predicted molar refractivity (Wildman–Crippen MR) is 74.0 cm³/mol. The van der Waals surface area contributed by atoms with Gasteiger partial charge in [-0.2, -0.15) is 0 Å². The molecular formula is C13H17N3OS. The van der Waals surface area contributed by atoms with E-state index in [-0.39, 0.29) is 0 Å². The summed E-state index contributed by atoms with van der Waals surface area (Å²) in [5.41, 5.74) is 0.891. The molecule has 0 saturated carbocycles. The zero-order valence-corrected chi connectivity index (χ0v) is 11.5. The SMILES string of the molecule is COCc1cc(NCCc2ccc(C)s2)ncn1. The third-order valence-corrected chi connectivity index (χ3v) is 3.55. The predicted octanol–water partition coefficient (Wildman–Crippen LogP) is 2.65. The minimum atomic E-state index is 0.515. The van der Waals surface area contributed by atoms with Crippen molar-refractivity contribution in [3.63, 3.8) is 0 Å². The van der Waals surface area contributed by atoms with Crippen LogP contribution in [0.1, 0.15) is 15.4 Å². The van der Waals surface area contributed by atoms with Gasteiger partial charge in [-0.1, -0.05) is 0 Å². The van der Waals surface area contributed by atoms with Crippen molar-refractivity contribution >= 4 is 17.2 Å². The average Bonchev–Trinajstić information content (AvgIpc) is 2.76. The number of rotatable bonds is 6. The van der Waals surface area contributed by atoms with Crippen molar-refractivity contribution in [2.75, 3.05) is 19.0 Å². The van der Waals surface area contributed by atoms with E-state index in [1.807, 2.05) is 17.4 Å². The number of aryl methyl sites for hydroxylation is 1. The zero-order valence-electron chi connectivity index (χ0n) is 10.6. The zero-order chi connectivity index (χ0) is 12.8. The number of hydrogen-bond donors (Lipinski definition) is 1. The van der Waals surface area contributed by atoms with Gasteiger partial charge in [0.05, 0.1) is 12.3 Å². The summed E-state index contributed by atoms with van der Waals surface area (Å²) in [7, 11) is 1.66. The van der Waals surface area contributed by atoms with E-state index in [1.54, 1.807) is 13.4 Å². The maximum absolute atomic E-state index is 5.04. The van der Waals surface area contributed by atoms with Crippen LogP contribution >= 0.6 is 11.3 Å². The molecule has 0 amide bonds. The molecular weight excluding hydrogens is 246 g/mol. The van der Waals surface area contributed by atoms with Crippen LogP contribution in [0.3, 0.4) is 0 Å². The Kier molecular flexibility index (Phi) is 4.66. The topological polar surface area (TPSA) is 47.0 Å². The van der Waals surface area contributed by atoms with Crippen LogP contribution in [0.25, 0.3) is 0 Å². The number of methoxy groups -OCH3 is 1. The fraction of sp³-hybridized carbons (Fsp3) is 0.385. The molecule has 0 aromatic carbocycles. The standard InChI is InChI=1S/C13H17N3OS/c1-10-3-4-12(18-10)5-6-14-13-7-11(8-17-2)15-9-16-13/h3-4,7,9H,5-6,8H2,1-2H3,(H,14,15,16). The van der Waals surface area contributed by atoms with Crippen molar-refractivity contribution in [1.29, 1.82) is 0 Å². The molecule has 0 unspecified atom stereocenters. The van der Waals surface area contributed by atoms with Crippen LogP contribution in [-0.2, 0) is 17.8 Å². The van der Waals surface area contributed by atoms with Gasteiger partial charge in [-0.15, -0.1) is 11.3 Å². The number of aromatic nitrogens is 2. The van der Waals surface area contributed by atoms with Crippen LogP contribution in [0, 0.1) is 6.92 Å². The second kappa shape index (κ2) is 6.47. The second-order valence-corrected chi connectivity index (χ2v) is 5.39. The Balaban J connectivity index is 1.84. The van der Waals surface area contributed by atoms with E-state index >= 15 is 0 Å². The Bertz CT molecular complexity index is 498. The summed E-state index contributed by atoms with van der Waals surface area (Å²) in [6.07, 6.45) is 2.58. The molecule has 0 bridgehead atoms. The largest absolute Gasteiger partial charge is 0.378 e. The van der Waals surface area contributed by atoms with E-state index in [9.17, 15) is 0 Å². The van der Waals surface area contributed by atoms with E-state index in [0.717, 1.165) is 24.5 Å². The molecule has 96 valence electrons. The van der Waals surface area contributed by atoms with Crippen molar-refractivity contribution in [3.8, 4) is 0 Å². The summed E-state index contributed by atoms with van der Waals surface area (Å²) in [5.74, 6) is 0.852. The van der Waals surface area contributed by atoms with E-state index in [4.69, 9.17) is 4.74 Å². The maximum Gasteiger partial charge on any atom is 0.129 e. The minimum Gasteiger partial charge on any atom is -0.378 e. The molecule has 18 heavy (non-hydrogen) atoms. The van der Waals surface area contributed by atoms with Crippen molar-refractivity contribution in [3.05, 3.63) is 40.0 Å². The highest BCUT2D eigenvalue weighted by molar-refractivity contribution is 7.11. The lowest BCUT2D eigenvalue weighted by Crippen LogP contribution is -2.06. The highest BCUT2D eigenvalue weighted by atomic mass is 32.1. The first-order valence-electron chi connectivity index (χ1n) is 5.87. The van der Waals surface area contributed by atoms with Gasteiger partial charge >= 0.3 is 0 Å². The Morgan fingerprint density at radius 1 is 1.33 bits per heavy atom. The molecule has 0 fully saturated rings. The molecule has 0 saturated heterocycles. The number of hydrogen-bond acceptors (Lipinski definition) is 5. The van der Waals surface area contributed by atoms with Gasteiger partial charge in [0.25, 0.3) is 0 Å². The molecule has 1 N–H and O–H groups in total. The molecule has 2 aromatic rings. The van der Waals surface area contributed by atoms with E-state index in [0.29, 0.717) is 6.61 Å². The fourth-order valence-corrected chi connectivity index (χ4v) is 2.54. The van der Waals surface area contributed by atoms with Gasteiger partial charge in [0.2, 0.25) is 0 Å². The van der Waals surface area contributed by atoms with Gasteiger partial charge in [-0.3, -0.25) is 0 Å². The lowest BCUT2D eigenvalue weighted by molar-refractivity contribution is 0.181. The molecule has 5 heteroatoms. The number of ether oxygens (including phenoxy) is 1. The molecule has 2 heterocycles. The maximum atomic E-state index is 5.04. The number of anilines is 1. The molecule has 0 atom stereocenters. The van der Waals surface area contributed by atoms with Gasteiger partial charge in [-0.25, -0.2) is 9.97 Å². The third-order valence-electron chi connectivity index (χ3n) is 2.49. The molecule has 0 radical (unpaired) electrons. The number of nitrogens with zero attached hydrogens (tertiary/aromatic N) is 2. The van der Waals surface area contributed by atoms with Crippen molar-refractivity contribution in [1.82, 2.24) is 9.97 Å². The summed E-state index contributed by atoms with van der Waals surface area (Å²) in [6, 6.07) is 6.25. The van der Waals surface area contributed by atoms with Crippen LogP contribution in [0.4, 0.5) is 5.82 Å². The first-order chi connectivity index (χ1) is 8.78. The Morgan fingerprint density at radius 2 is 2.22 bits per heavy atom. The average molecular weight is 263 g/mol. The summed E-state index contributed by atoms with van der Waals surface area (Å²) in [4.78, 5) is 11.1. The first kappa shape index (κ1) is 13.0. The molecule has 2 aromatic heterocycles. The van der Waals surface area contributed by atoms with Crippen molar-refractivity contribution in [2.24, 2.45) is 0 Å². The molecule has 0 aliphatic carbocycles. The van der Waals surface area contributed by atoms with Gasteiger partial charge in [-0.05, 0) is 25.5 Å². The van der Waals surface area contributed by atoms with Gasteiger partial charge in [0.1, 0.15) is 12.1 Å². The lowest BCUT2D eigenvalue weighted by atomic mass is 10.3. The second-order valence-electron chi connectivity index (χ2n) is 4.02. The van der Waals surface area contributed by atoms with Crippen LogP contribution in [0.15, 0.2) is 24.5 Å². The van der Waals surface area contributed by atoms with Gasteiger partial charge < -0.3 is 10.1 Å². The number of thiophene rings is 1. The van der Waals surface area contributed by atoms with E-state index < -0.39 is 0 Å². The first-order valence-corrected chi connectivity index (χ1v) is 6.68. The summed E-state index contributed by atoms with van der Waals surface area (Å²) in [6.45, 7) is 3.52. The Labute approximate surface area is 111 Å². The van der Waals surface area contributed by atoms with Gasteiger partial charge in [0, 0.05) is 29.5 Å². The smallest absolute Gasteiger partial charge is 0.129 e. The van der Waals surface area contributed by atoms with Crippen LogP contribution < -0.4 is 5.32 Å². The van der Waals surface area contributed by atoms with E-state index in [1.165, 1.54) is 9.75 Å². The highest BCUT2D eigenvalue weighted by Gasteiger charge is 2.00. The summed E-state index contributed by atoms with van der Waals surface area (Å²) < 4.78 is 5.04. The molecule has 4 nitrogen and oxygen atoms in total. The van der Waals surface area contributed by atoms with Crippen LogP contribution in [0.5, 0.6) is 0 Å². The quantitative estimate of drug-likeness (QED) is 0.870. The van der Waals surface area contributed by atoms with E-state index in [2.05, 4.69) is 34.3 Å². The molecule has 2 rings (SSSR count). The van der Waals surface area contributed by atoms with Crippen LogP contribution in [-0.4, -0.2) is 23.6 Å². The van der Waals surface area contributed by atoms with Crippen molar-refractivity contribution in [2.45, 2.75) is 20.0 Å². The molecule has 0 aliphatic heterocycles. The Hall–Kier alpha value is -1.46. The lowest BCUT2D eigenvalue weighted by Gasteiger charge is -2.05. The normalized spacial score (nSPS) is 10.6. The number of nitrogens with one attached hydrogen (secondary N) is 1. The fourth-order valence-electron chi connectivity index (χ4n) is 1.65. The van der Waals surface area contributed by atoms with Crippen molar-refractivity contribution < 1.29 is 4.74 Å². The van der Waals surface area contributed by atoms with Gasteiger partial charge in [0.15, 0.2) is 0 Å².